The second kappa shape index (κ2) is 8.57. The van der Waals surface area contributed by atoms with Crippen molar-refractivity contribution in [3.05, 3.63) is 59.7 Å². The number of primary amides is 1. The van der Waals surface area contributed by atoms with Crippen molar-refractivity contribution in [2.24, 2.45) is 5.73 Å². The Morgan fingerprint density at radius 2 is 1.75 bits per heavy atom. The van der Waals surface area contributed by atoms with Crippen LogP contribution in [0.25, 0.3) is 0 Å². The van der Waals surface area contributed by atoms with Gasteiger partial charge in [0.1, 0.15) is 0 Å². The topological polar surface area (TPSA) is 90.7 Å². The van der Waals surface area contributed by atoms with Gasteiger partial charge in [0, 0.05) is 12.1 Å². The number of benzene rings is 2. The molecule has 0 aliphatic carbocycles. The van der Waals surface area contributed by atoms with Crippen LogP contribution in [-0.4, -0.2) is 25.0 Å². The molecule has 2 amide bonds. The van der Waals surface area contributed by atoms with Crippen LogP contribution in [0.4, 0.5) is 0 Å². The van der Waals surface area contributed by atoms with E-state index in [1.54, 1.807) is 36.4 Å². The first-order valence-electron chi connectivity index (χ1n) is 7.60. The molecule has 0 aliphatic heterocycles. The van der Waals surface area contributed by atoms with E-state index < -0.39 is 5.91 Å². The van der Waals surface area contributed by atoms with E-state index >= 15 is 0 Å². The average Bonchev–Trinajstić information content (AvgIpc) is 2.59. The Morgan fingerprint density at radius 3 is 2.42 bits per heavy atom. The molecule has 2 aromatic rings. The fraction of sp³-hybridized carbons (Fsp3) is 0.222. The number of nitrogens with one attached hydrogen (secondary N) is 1. The van der Waals surface area contributed by atoms with E-state index in [0.29, 0.717) is 23.7 Å². The largest absolute Gasteiger partial charge is 0.490 e. The van der Waals surface area contributed by atoms with Crippen LogP contribution < -0.4 is 20.5 Å². The molecule has 0 atom stereocenters. The molecule has 6 heteroatoms. The first-order chi connectivity index (χ1) is 11.6. The quantitative estimate of drug-likeness (QED) is 0.774. The van der Waals surface area contributed by atoms with Crippen molar-refractivity contribution in [1.29, 1.82) is 0 Å². The van der Waals surface area contributed by atoms with Gasteiger partial charge in [0.25, 0.3) is 5.91 Å². The minimum absolute atomic E-state index is 0.125. The van der Waals surface area contributed by atoms with Gasteiger partial charge in [0.15, 0.2) is 18.1 Å². The maximum atomic E-state index is 11.9. The van der Waals surface area contributed by atoms with Crippen LogP contribution in [0.5, 0.6) is 11.5 Å². The molecule has 0 saturated carbocycles. The third-order valence-electron chi connectivity index (χ3n) is 3.21. The second-order valence-electron chi connectivity index (χ2n) is 5.01. The molecule has 0 bridgehead atoms. The summed E-state index contributed by atoms with van der Waals surface area (Å²) in [7, 11) is 0. The highest BCUT2D eigenvalue weighted by Gasteiger charge is 2.08. The maximum absolute atomic E-state index is 11.9. The number of carbonyl (C=O) groups is 2. The third-order valence-corrected chi connectivity index (χ3v) is 3.21. The van der Waals surface area contributed by atoms with Crippen molar-refractivity contribution < 1.29 is 19.1 Å². The van der Waals surface area contributed by atoms with E-state index in [4.69, 9.17) is 15.2 Å². The number of ether oxygens (including phenoxy) is 2. The summed E-state index contributed by atoms with van der Waals surface area (Å²) < 4.78 is 10.9. The van der Waals surface area contributed by atoms with Gasteiger partial charge >= 0.3 is 0 Å². The predicted octanol–water partition coefficient (Wildman–Crippen LogP) is 1.88. The van der Waals surface area contributed by atoms with Gasteiger partial charge in [-0.25, -0.2) is 0 Å². The van der Waals surface area contributed by atoms with Gasteiger partial charge in [-0.1, -0.05) is 24.3 Å². The molecule has 24 heavy (non-hydrogen) atoms. The summed E-state index contributed by atoms with van der Waals surface area (Å²) in [6.45, 7) is 2.56. The van der Waals surface area contributed by atoms with Crippen LogP contribution in [-0.2, 0) is 11.3 Å². The lowest BCUT2D eigenvalue weighted by atomic mass is 10.1. The number of hydrogen-bond donors (Lipinski definition) is 2. The first kappa shape index (κ1) is 17.3. The third kappa shape index (κ3) is 5.01. The van der Waals surface area contributed by atoms with Crippen LogP contribution in [0.3, 0.4) is 0 Å². The van der Waals surface area contributed by atoms with Crippen molar-refractivity contribution >= 4 is 11.8 Å². The Labute approximate surface area is 140 Å². The molecular weight excluding hydrogens is 308 g/mol. The summed E-state index contributed by atoms with van der Waals surface area (Å²) >= 11 is 0. The zero-order chi connectivity index (χ0) is 17.4. The van der Waals surface area contributed by atoms with E-state index in [2.05, 4.69) is 5.32 Å². The van der Waals surface area contributed by atoms with E-state index in [-0.39, 0.29) is 19.1 Å². The molecule has 2 aromatic carbocycles. The summed E-state index contributed by atoms with van der Waals surface area (Å²) in [4.78, 5) is 23.0. The van der Waals surface area contributed by atoms with Gasteiger partial charge in [0.2, 0.25) is 5.91 Å². The fourth-order valence-electron chi connectivity index (χ4n) is 2.07. The lowest BCUT2D eigenvalue weighted by Gasteiger charge is -2.11. The van der Waals surface area contributed by atoms with E-state index in [0.717, 1.165) is 5.56 Å². The normalized spacial score (nSPS) is 10.0. The molecule has 6 nitrogen and oxygen atoms in total. The monoisotopic (exact) mass is 328 g/mol. The number of rotatable bonds is 8. The van der Waals surface area contributed by atoms with Crippen molar-refractivity contribution in [2.45, 2.75) is 13.5 Å². The van der Waals surface area contributed by atoms with Crippen molar-refractivity contribution in [1.82, 2.24) is 5.32 Å². The molecule has 0 unspecified atom stereocenters. The Kier molecular flexibility index (Phi) is 6.19. The van der Waals surface area contributed by atoms with Crippen LogP contribution >= 0.6 is 0 Å². The first-order valence-corrected chi connectivity index (χ1v) is 7.60. The van der Waals surface area contributed by atoms with Crippen molar-refractivity contribution in [3.63, 3.8) is 0 Å². The van der Waals surface area contributed by atoms with Crippen LogP contribution in [0.2, 0.25) is 0 Å². The molecule has 3 N–H and O–H groups in total. The molecule has 0 aliphatic rings. The number of hydrogen-bond acceptors (Lipinski definition) is 4. The number of para-hydroxylation sites is 2. The van der Waals surface area contributed by atoms with E-state index in [1.165, 1.54) is 0 Å². The Morgan fingerprint density at radius 1 is 1.04 bits per heavy atom. The highest BCUT2D eigenvalue weighted by atomic mass is 16.5. The maximum Gasteiger partial charge on any atom is 0.258 e. The lowest BCUT2D eigenvalue weighted by Crippen LogP contribution is -2.28. The molecular formula is C18H20N2O4. The van der Waals surface area contributed by atoms with Crippen LogP contribution in [0, 0.1) is 0 Å². The van der Waals surface area contributed by atoms with Gasteiger partial charge < -0.3 is 20.5 Å². The molecule has 0 spiro atoms. The highest BCUT2D eigenvalue weighted by Crippen LogP contribution is 2.26. The van der Waals surface area contributed by atoms with Crippen LogP contribution in [0.1, 0.15) is 22.8 Å². The average molecular weight is 328 g/mol. The predicted molar refractivity (Wildman–Crippen MR) is 89.9 cm³/mol. The molecule has 0 saturated heterocycles. The zero-order valence-corrected chi connectivity index (χ0v) is 13.5. The van der Waals surface area contributed by atoms with Gasteiger partial charge in [-0.15, -0.1) is 0 Å². The fourth-order valence-corrected chi connectivity index (χ4v) is 2.07. The van der Waals surface area contributed by atoms with Gasteiger partial charge in [0.05, 0.1) is 6.61 Å². The molecule has 0 radical (unpaired) electrons. The summed E-state index contributed by atoms with van der Waals surface area (Å²) in [5.41, 5.74) is 6.42. The van der Waals surface area contributed by atoms with E-state index in [9.17, 15) is 9.59 Å². The summed E-state index contributed by atoms with van der Waals surface area (Å²) in [5, 5.41) is 2.73. The Bertz CT molecular complexity index is 716. The van der Waals surface area contributed by atoms with E-state index in [1.807, 2.05) is 19.1 Å². The Hall–Kier alpha value is -3.02. The molecule has 2 rings (SSSR count). The van der Waals surface area contributed by atoms with Crippen molar-refractivity contribution in [2.75, 3.05) is 13.2 Å². The zero-order valence-electron chi connectivity index (χ0n) is 13.5. The molecule has 126 valence electrons. The van der Waals surface area contributed by atoms with Gasteiger partial charge in [-0.2, -0.15) is 0 Å². The highest BCUT2D eigenvalue weighted by molar-refractivity contribution is 5.92. The Balaban J connectivity index is 1.86. The molecule has 0 fully saturated rings. The SMILES string of the molecule is CCOc1ccccc1OCC(=O)NCc1cccc(C(N)=O)c1. The number of amides is 2. The molecule has 0 heterocycles. The summed E-state index contributed by atoms with van der Waals surface area (Å²) in [6, 6.07) is 14.0. The van der Waals surface area contributed by atoms with Gasteiger partial charge in [-0.05, 0) is 36.8 Å². The second-order valence-corrected chi connectivity index (χ2v) is 5.01. The summed E-state index contributed by atoms with van der Waals surface area (Å²) in [5.74, 6) is 0.344. The smallest absolute Gasteiger partial charge is 0.258 e. The van der Waals surface area contributed by atoms with Crippen molar-refractivity contribution in [3.8, 4) is 11.5 Å². The minimum Gasteiger partial charge on any atom is -0.490 e. The minimum atomic E-state index is -0.501. The number of carbonyl (C=O) groups excluding carboxylic acids is 2. The standard InChI is InChI=1S/C18H20N2O4/c1-2-23-15-8-3-4-9-16(15)24-12-17(21)20-11-13-6-5-7-14(10-13)18(19)22/h3-10H,2,11-12H2,1H3,(H2,19,22)(H,20,21). The van der Waals surface area contributed by atoms with Crippen LogP contribution in [0.15, 0.2) is 48.5 Å². The number of nitrogens with two attached hydrogens (primary N) is 1. The summed E-state index contributed by atoms with van der Waals surface area (Å²) in [6.07, 6.45) is 0. The van der Waals surface area contributed by atoms with Gasteiger partial charge in [-0.3, -0.25) is 9.59 Å². The molecule has 0 aromatic heterocycles. The lowest BCUT2D eigenvalue weighted by molar-refractivity contribution is -0.123.